The fraction of sp³-hybridized carbons (Fsp3) is 0.583. The molecule has 1 aliphatic heterocycles. The number of aryl methyl sites for hydroxylation is 1. The molecule has 0 spiro atoms. The standard InChI is InChI=1S/C12H19N3/c1-9-4-5-12(13-7-9)14-11-6-10(2)15(3)8-11/h4-5,7,10-11H,6,8H2,1-3H3,(H,13,14). The summed E-state index contributed by atoms with van der Waals surface area (Å²) in [6, 6.07) is 5.36. The molecular weight excluding hydrogens is 186 g/mol. The van der Waals surface area contributed by atoms with Crippen molar-refractivity contribution in [3.8, 4) is 0 Å². The summed E-state index contributed by atoms with van der Waals surface area (Å²) in [5.74, 6) is 0.994. The van der Waals surface area contributed by atoms with E-state index in [-0.39, 0.29) is 0 Å². The van der Waals surface area contributed by atoms with Crippen molar-refractivity contribution in [1.82, 2.24) is 9.88 Å². The molecule has 2 heterocycles. The van der Waals surface area contributed by atoms with Crippen LogP contribution in [0.1, 0.15) is 18.9 Å². The maximum atomic E-state index is 4.36. The molecule has 2 rings (SSSR count). The summed E-state index contributed by atoms with van der Waals surface area (Å²) in [5.41, 5.74) is 1.21. The lowest BCUT2D eigenvalue weighted by molar-refractivity contribution is 0.330. The SMILES string of the molecule is Cc1ccc(NC2CC(C)N(C)C2)nc1. The average molecular weight is 205 g/mol. The fourth-order valence-electron chi connectivity index (χ4n) is 2.06. The smallest absolute Gasteiger partial charge is 0.126 e. The summed E-state index contributed by atoms with van der Waals surface area (Å²) in [7, 11) is 2.18. The molecule has 0 bridgehead atoms. The van der Waals surface area contributed by atoms with Crippen molar-refractivity contribution in [1.29, 1.82) is 0 Å². The van der Waals surface area contributed by atoms with Crippen molar-refractivity contribution in [2.45, 2.75) is 32.4 Å². The lowest BCUT2D eigenvalue weighted by Crippen LogP contribution is -2.25. The first kappa shape index (κ1) is 10.4. The molecular formula is C12H19N3. The first-order valence-corrected chi connectivity index (χ1v) is 5.54. The quantitative estimate of drug-likeness (QED) is 0.799. The summed E-state index contributed by atoms with van der Waals surface area (Å²) >= 11 is 0. The molecule has 3 nitrogen and oxygen atoms in total. The molecule has 1 N–H and O–H groups in total. The Bertz CT molecular complexity index is 310. The zero-order valence-electron chi connectivity index (χ0n) is 9.70. The number of hydrogen-bond donors (Lipinski definition) is 1. The van der Waals surface area contributed by atoms with Crippen LogP contribution in [0.2, 0.25) is 0 Å². The average Bonchev–Trinajstić information content (AvgIpc) is 2.50. The number of pyridine rings is 1. The molecule has 0 saturated carbocycles. The molecule has 0 aromatic carbocycles. The maximum Gasteiger partial charge on any atom is 0.126 e. The minimum atomic E-state index is 0.542. The third kappa shape index (κ3) is 2.48. The molecule has 0 amide bonds. The molecule has 2 unspecified atom stereocenters. The number of anilines is 1. The summed E-state index contributed by atoms with van der Waals surface area (Å²) in [5, 5.41) is 3.48. The van der Waals surface area contributed by atoms with Crippen LogP contribution in [0.5, 0.6) is 0 Å². The van der Waals surface area contributed by atoms with Crippen LogP contribution >= 0.6 is 0 Å². The van der Waals surface area contributed by atoms with Crippen LogP contribution in [0.3, 0.4) is 0 Å². The van der Waals surface area contributed by atoms with Gasteiger partial charge in [0.1, 0.15) is 5.82 Å². The van der Waals surface area contributed by atoms with Crippen molar-refractivity contribution in [2.24, 2.45) is 0 Å². The molecule has 1 aromatic rings. The molecule has 0 radical (unpaired) electrons. The second kappa shape index (κ2) is 4.19. The third-order valence-corrected chi connectivity index (χ3v) is 3.15. The lowest BCUT2D eigenvalue weighted by atomic mass is 10.2. The van der Waals surface area contributed by atoms with Gasteiger partial charge < -0.3 is 10.2 Å². The zero-order valence-corrected chi connectivity index (χ0v) is 9.70. The Kier molecular flexibility index (Phi) is 2.91. The van der Waals surface area contributed by atoms with Crippen molar-refractivity contribution in [3.63, 3.8) is 0 Å². The lowest BCUT2D eigenvalue weighted by Gasteiger charge is -2.13. The summed E-state index contributed by atoms with van der Waals surface area (Å²) < 4.78 is 0. The number of likely N-dealkylation sites (N-methyl/N-ethyl adjacent to an activating group) is 1. The Morgan fingerprint density at radius 2 is 2.27 bits per heavy atom. The van der Waals surface area contributed by atoms with E-state index in [0.29, 0.717) is 12.1 Å². The van der Waals surface area contributed by atoms with Crippen molar-refractivity contribution in [2.75, 3.05) is 18.9 Å². The summed E-state index contributed by atoms with van der Waals surface area (Å²) in [6.07, 6.45) is 3.11. The predicted molar refractivity (Wildman–Crippen MR) is 63.1 cm³/mol. The third-order valence-electron chi connectivity index (χ3n) is 3.15. The first-order chi connectivity index (χ1) is 7.15. The molecule has 2 atom stereocenters. The Labute approximate surface area is 91.5 Å². The highest BCUT2D eigenvalue weighted by atomic mass is 15.2. The van der Waals surface area contributed by atoms with Gasteiger partial charge in [-0.25, -0.2) is 4.98 Å². The minimum absolute atomic E-state index is 0.542. The van der Waals surface area contributed by atoms with Crippen LogP contribution in [0.4, 0.5) is 5.82 Å². The van der Waals surface area contributed by atoms with Gasteiger partial charge in [-0.2, -0.15) is 0 Å². The van der Waals surface area contributed by atoms with Gasteiger partial charge in [0, 0.05) is 24.8 Å². The van der Waals surface area contributed by atoms with Gasteiger partial charge in [-0.1, -0.05) is 6.07 Å². The van der Waals surface area contributed by atoms with Crippen LogP contribution in [-0.2, 0) is 0 Å². The van der Waals surface area contributed by atoms with E-state index < -0.39 is 0 Å². The van der Waals surface area contributed by atoms with Gasteiger partial charge >= 0.3 is 0 Å². The van der Waals surface area contributed by atoms with Gasteiger partial charge in [0.05, 0.1) is 0 Å². The second-order valence-electron chi connectivity index (χ2n) is 4.59. The van der Waals surface area contributed by atoms with E-state index in [1.54, 1.807) is 0 Å². The van der Waals surface area contributed by atoms with Crippen molar-refractivity contribution >= 4 is 5.82 Å². The second-order valence-corrected chi connectivity index (χ2v) is 4.59. The number of hydrogen-bond acceptors (Lipinski definition) is 3. The normalized spacial score (nSPS) is 26.9. The van der Waals surface area contributed by atoms with Gasteiger partial charge in [-0.05, 0) is 38.9 Å². The van der Waals surface area contributed by atoms with Crippen molar-refractivity contribution < 1.29 is 0 Å². The highest BCUT2D eigenvalue weighted by molar-refractivity contribution is 5.36. The van der Waals surface area contributed by atoms with E-state index in [2.05, 4.69) is 48.2 Å². The number of rotatable bonds is 2. The van der Waals surface area contributed by atoms with E-state index in [0.717, 1.165) is 12.4 Å². The van der Waals surface area contributed by atoms with Crippen LogP contribution in [0.15, 0.2) is 18.3 Å². The van der Waals surface area contributed by atoms with Crippen LogP contribution in [0, 0.1) is 6.92 Å². The molecule has 1 aromatic heterocycles. The number of aromatic nitrogens is 1. The predicted octanol–water partition coefficient (Wildman–Crippen LogP) is 1.89. The Balaban J connectivity index is 1.95. The molecule has 15 heavy (non-hydrogen) atoms. The van der Waals surface area contributed by atoms with Gasteiger partial charge in [-0.15, -0.1) is 0 Å². The molecule has 1 aliphatic rings. The monoisotopic (exact) mass is 205 g/mol. The number of nitrogens with one attached hydrogen (secondary N) is 1. The Morgan fingerprint density at radius 1 is 1.47 bits per heavy atom. The molecule has 3 heteroatoms. The topological polar surface area (TPSA) is 28.2 Å². The van der Waals surface area contributed by atoms with Gasteiger partial charge in [0.2, 0.25) is 0 Å². The van der Waals surface area contributed by atoms with Gasteiger partial charge in [0.25, 0.3) is 0 Å². The highest BCUT2D eigenvalue weighted by Crippen LogP contribution is 2.18. The molecule has 82 valence electrons. The first-order valence-electron chi connectivity index (χ1n) is 5.54. The highest BCUT2D eigenvalue weighted by Gasteiger charge is 2.25. The molecule has 1 saturated heterocycles. The van der Waals surface area contributed by atoms with Gasteiger partial charge in [-0.3, -0.25) is 0 Å². The summed E-state index contributed by atoms with van der Waals surface area (Å²) in [4.78, 5) is 6.74. The van der Waals surface area contributed by atoms with E-state index in [9.17, 15) is 0 Å². The van der Waals surface area contributed by atoms with Crippen LogP contribution in [0.25, 0.3) is 0 Å². The van der Waals surface area contributed by atoms with E-state index in [1.165, 1.54) is 12.0 Å². The van der Waals surface area contributed by atoms with E-state index in [1.807, 2.05) is 6.20 Å². The fourth-order valence-corrected chi connectivity index (χ4v) is 2.06. The zero-order chi connectivity index (χ0) is 10.8. The van der Waals surface area contributed by atoms with Crippen LogP contribution in [-0.4, -0.2) is 35.6 Å². The largest absolute Gasteiger partial charge is 0.366 e. The summed E-state index contributed by atoms with van der Waals surface area (Å²) in [6.45, 7) is 5.43. The van der Waals surface area contributed by atoms with Crippen molar-refractivity contribution in [3.05, 3.63) is 23.9 Å². The Morgan fingerprint density at radius 3 is 2.80 bits per heavy atom. The maximum absolute atomic E-state index is 4.36. The number of nitrogens with zero attached hydrogens (tertiary/aromatic N) is 2. The molecule has 1 fully saturated rings. The Hall–Kier alpha value is -1.09. The minimum Gasteiger partial charge on any atom is -0.366 e. The molecule has 0 aliphatic carbocycles. The van der Waals surface area contributed by atoms with Crippen LogP contribution < -0.4 is 5.32 Å². The van der Waals surface area contributed by atoms with E-state index >= 15 is 0 Å². The van der Waals surface area contributed by atoms with E-state index in [4.69, 9.17) is 0 Å². The van der Waals surface area contributed by atoms with Gasteiger partial charge in [0.15, 0.2) is 0 Å². The number of likely N-dealkylation sites (tertiary alicyclic amines) is 1.